The van der Waals surface area contributed by atoms with Gasteiger partial charge in [0.05, 0.1) is 12.1 Å². The first-order chi connectivity index (χ1) is 7.31. The highest BCUT2D eigenvalue weighted by molar-refractivity contribution is 7.09. The standard InChI is InChI=1S/C11H15N3S/c1-9(12-2)11-4-3-5-14(11)7-10-6-13-8-15-10/h3-6,8-9,12H,7H2,1-2H3. The molecule has 1 N–H and O–H groups in total. The maximum atomic E-state index is 4.09. The van der Waals surface area contributed by atoms with Crippen molar-refractivity contribution in [3.8, 4) is 0 Å². The highest BCUT2D eigenvalue weighted by Gasteiger charge is 2.08. The fourth-order valence-electron chi connectivity index (χ4n) is 1.60. The summed E-state index contributed by atoms with van der Waals surface area (Å²) in [5, 5.41) is 3.25. The van der Waals surface area contributed by atoms with E-state index in [9.17, 15) is 0 Å². The van der Waals surface area contributed by atoms with Crippen LogP contribution in [0, 0.1) is 0 Å². The summed E-state index contributed by atoms with van der Waals surface area (Å²) in [4.78, 5) is 5.37. The van der Waals surface area contributed by atoms with E-state index in [-0.39, 0.29) is 0 Å². The lowest BCUT2D eigenvalue weighted by atomic mass is 10.2. The van der Waals surface area contributed by atoms with Crippen molar-refractivity contribution in [2.75, 3.05) is 7.05 Å². The predicted molar refractivity (Wildman–Crippen MR) is 63.1 cm³/mol. The van der Waals surface area contributed by atoms with E-state index in [2.05, 4.69) is 40.1 Å². The van der Waals surface area contributed by atoms with Gasteiger partial charge in [-0.2, -0.15) is 0 Å². The van der Waals surface area contributed by atoms with Crippen molar-refractivity contribution in [3.05, 3.63) is 40.6 Å². The molecule has 4 heteroatoms. The van der Waals surface area contributed by atoms with Crippen LogP contribution >= 0.6 is 11.3 Å². The van der Waals surface area contributed by atoms with Gasteiger partial charge in [0.25, 0.3) is 0 Å². The second-order valence-electron chi connectivity index (χ2n) is 3.54. The van der Waals surface area contributed by atoms with Crippen molar-refractivity contribution in [2.24, 2.45) is 0 Å². The minimum Gasteiger partial charge on any atom is -0.345 e. The second kappa shape index (κ2) is 4.59. The second-order valence-corrected chi connectivity index (χ2v) is 4.51. The Bertz CT molecular complexity index is 405. The van der Waals surface area contributed by atoms with Crippen LogP contribution in [0.25, 0.3) is 0 Å². The van der Waals surface area contributed by atoms with Gasteiger partial charge < -0.3 is 9.88 Å². The summed E-state index contributed by atoms with van der Waals surface area (Å²) in [6, 6.07) is 4.62. The summed E-state index contributed by atoms with van der Waals surface area (Å²) in [6.07, 6.45) is 4.04. The zero-order valence-electron chi connectivity index (χ0n) is 8.97. The Hall–Kier alpha value is -1.13. The first-order valence-electron chi connectivity index (χ1n) is 5.01. The highest BCUT2D eigenvalue weighted by atomic mass is 32.1. The Balaban J connectivity index is 2.18. The molecule has 15 heavy (non-hydrogen) atoms. The van der Waals surface area contributed by atoms with Gasteiger partial charge in [-0.3, -0.25) is 4.98 Å². The number of thiazole rings is 1. The molecule has 2 aromatic heterocycles. The summed E-state index contributed by atoms with van der Waals surface area (Å²) in [5.74, 6) is 0. The molecule has 1 atom stereocenters. The summed E-state index contributed by atoms with van der Waals surface area (Å²) < 4.78 is 2.26. The molecule has 0 amide bonds. The molecule has 0 radical (unpaired) electrons. The summed E-state index contributed by atoms with van der Waals surface area (Å²) >= 11 is 1.70. The molecule has 2 aromatic rings. The van der Waals surface area contributed by atoms with Gasteiger partial charge in [0, 0.05) is 29.0 Å². The van der Waals surface area contributed by atoms with E-state index >= 15 is 0 Å². The Morgan fingerprint density at radius 3 is 3.13 bits per heavy atom. The molecule has 0 aromatic carbocycles. The maximum absolute atomic E-state index is 4.09. The molecule has 0 spiro atoms. The lowest BCUT2D eigenvalue weighted by molar-refractivity contribution is 0.591. The van der Waals surface area contributed by atoms with Crippen LogP contribution in [0.4, 0.5) is 0 Å². The van der Waals surface area contributed by atoms with E-state index in [4.69, 9.17) is 0 Å². The van der Waals surface area contributed by atoms with Gasteiger partial charge in [-0.15, -0.1) is 11.3 Å². The van der Waals surface area contributed by atoms with Crippen LogP contribution in [0.15, 0.2) is 30.0 Å². The molecule has 0 saturated heterocycles. The Labute approximate surface area is 93.8 Å². The van der Waals surface area contributed by atoms with Crippen LogP contribution < -0.4 is 5.32 Å². The number of hydrogen-bond donors (Lipinski definition) is 1. The van der Waals surface area contributed by atoms with E-state index in [1.807, 2.05) is 18.8 Å². The predicted octanol–water partition coefficient (Wildman–Crippen LogP) is 2.27. The Kier molecular flexibility index (Phi) is 3.18. The molecule has 0 fully saturated rings. The van der Waals surface area contributed by atoms with E-state index in [0.29, 0.717) is 6.04 Å². The molecule has 0 aliphatic heterocycles. The van der Waals surface area contributed by atoms with Crippen molar-refractivity contribution in [1.29, 1.82) is 0 Å². The maximum Gasteiger partial charge on any atom is 0.0794 e. The lowest BCUT2D eigenvalue weighted by Gasteiger charge is -2.14. The third kappa shape index (κ3) is 2.27. The van der Waals surface area contributed by atoms with Crippen LogP contribution in [0.1, 0.15) is 23.5 Å². The van der Waals surface area contributed by atoms with Gasteiger partial charge in [-0.25, -0.2) is 0 Å². The molecular formula is C11H15N3S. The van der Waals surface area contributed by atoms with Gasteiger partial charge in [-0.05, 0) is 26.1 Å². The number of nitrogens with zero attached hydrogens (tertiary/aromatic N) is 2. The monoisotopic (exact) mass is 221 g/mol. The Morgan fingerprint density at radius 2 is 2.47 bits per heavy atom. The summed E-state index contributed by atoms with van der Waals surface area (Å²) in [5.41, 5.74) is 3.19. The minimum absolute atomic E-state index is 0.382. The van der Waals surface area contributed by atoms with Gasteiger partial charge in [0.15, 0.2) is 0 Å². The smallest absolute Gasteiger partial charge is 0.0794 e. The number of aromatic nitrogens is 2. The molecule has 0 aliphatic rings. The van der Waals surface area contributed by atoms with Crippen LogP contribution in [0.5, 0.6) is 0 Å². The normalized spacial score (nSPS) is 12.9. The topological polar surface area (TPSA) is 29.9 Å². The Morgan fingerprint density at radius 1 is 1.60 bits per heavy atom. The van der Waals surface area contributed by atoms with Crippen molar-refractivity contribution < 1.29 is 0 Å². The van der Waals surface area contributed by atoms with E-state index in [0.717, 1.165) is 6.54 Å². The van der Waals surface area contributed by atoms with Gasteiger partial charge in [0.1, 0.15) is 0 Å². The first-order valence-corrected chi connectivity index (χ1v) is 5.89. The van der Waals surface area contributed by atoms with Crippen molar-refractivity contribution in [3.63, 3.8) is 0 Å². The van der Waals surface area contributed by atoms with Gasteiger partial charge in [0.2, 0.25) is 0 Å². The molecule has 2 heterocycles. The molecule has 1 unspecified atom stereocenters. The van der Waals surface area contributed by atoms with Crippen molar-refractivity contribution >= 4 is 11.3 Å². The molecule has 0 aliphatic carbocycles. The van der Waals surface area contributed by atoms with Gasteiger partial charge >= 0.3 is 0 Å². The quantitative estimate of drug-likeness (QED) is 0.858. The molecule has 0 bridgehead atoms. The number of hydrogen-bond acceptors (Lipinski definition) is 3. The average Bonchev–Trinajstić information content (AvgIpc) is 2.88. The van der Waals surface area contributed by atoms with E-state index < -0.39 is 0 Å². The SMILES string of the molecule is CNC(C)c1cccn1Cc1cncs1. The minimum atomic E-state index is 0.382. The van der Waals surface area contributed by atoms with Crippen LogP contribution in [-0.4, -0.2) is 16.6 Å². The third-order valence-electron chi connectivity index (χ3n) is 2.55. The molecular weight excluding hydrogens is 206 g/mol. The molecule has 80 valence electrons. The van der Waals surface area contributed by atoms with E-state index in [1.165, 1.54) is 10.6 Å². The van der Waals surface area contributed by atoms with Crippen LogP contribution in [0.2, 0.25) is 0 Å². The van der Waals surface area contributed by atoms with Crippen LogP contribution in [-0.2, 0) is 6.54 Å². The first kappa shape index (κ1) is 10.4. The number of rotatable bonds is 4. The molecule has 3 nitrogen and oxygen atoms in total. The summed E-state index contributed by atoms with van der Waals surface area (Å²) in [6.45, 7) is 3.08. The van der Waals surface area contributed by atoms with E-state index in [1.54, 1.807) is 11.3 Å². The third-order valence-corrected chi connectivity index (χ3v) is 3.32. The van der Waals surface area contributed by atoms with Crippen LogP contribution in [0.3, 0.4) is 0 Å². The fourth-order valence-corrected chi connectivity index (χ4v) is 2.19. The fraction of sp³-hybridized carbons (Fsp3) is 0.364. The molecule has 2 rings (SSSR count). The lowest BCUT2D eigenvalue weighted by Crippen LogP contribution is -2.16. The highest BCUT2D eigenvalue weighted by Crippen LogP contribution is 2.16. The van der Waals surface area contributed by atoms with Crippen molar-refractivity contribution in [1.82, 2.24) is 14.9 Å². The van der Waals surface area contributed by atoms with Crippen molar-refractivity contribution in [2.45, 2.75) is 19.5 Å². The average molecular weight is 221 g/mol. The summed E-state index contributed by atoms with van der Waals surface area (Å²) in [7, 11) is 1.98. The largest absolute Gasteiger partial charge is 0.345 e. The zero-order chi connectivity index (χ0) is 10.7. The number of nitrogens with one attached hydrogen (secondary N) is 1. The van der Waals surface area contributed by atoms with Gasteiger partial charge in [-0.1, -0.05) is 0 Å². The molecule has 0 saturated carbocycles. The zero-order valence-corrected chi connectivity index (χ0v) is 9.79.